The number of nitrogens with zero attached hydrogens (tertiary/aromatic N) is 2. The number of anilines is 1. The lowest BCUT2D eigenvalue weighted by Crippen LogP contribution is -2.53. The van der Waals surface area contributed by atoms with Gasteiger partial charge in [0.2, 0.25) is 11.8 Å². The summed E-state index contributed by atoms with van der Waals surface area (Å²) < 4.78 is 28.7. The molecule has 3 rings (SSSR count). The van der Waals surface area contributed by atoms with Crippen LogP contribution in [0.5, 0.6) is 0 Å². The van der Waals surface area contributed by atoms with Gasteiger partial charge < -0.3 is 10.2 Å². The molecule has 2 amide bonds. The fourth-order valence-corrected chi connectivity index (χ4v) is 6.12. The van der Waals surface area contributed by atoms with Crippen LogP contribution < -0.4 is 9.62 Å². The lowest BCUT2D eigenvalue weighted by Gasteiger charge is -2.33. The first-order valence-electron chi connectivity index (χ1n) is 12.6. The van der Waals surface area contributed by atoms with Crippen LogP contribution in [0.3, 0.4) is 0 Å². The second-order valence-electron chi connectivity index (χ2n) is 9.50. The minimum absolute atomic E-state index is 0.00120. The van der Waals surface area contributed by atoms with Crippen molar-refractivity contribution in [2.24, 2.45) is 0 Å². The molecule has 39 heavy (non-hydrogen) atoms. The molecule has 0 aliphatic rings. The number of carbonyl (C=O) groups excluding carboxylic acids is 2. The Morgan fingerprint density at radius 3 is 2.23 bits per heavy atom. The zero-order valence-electron chi connectivity index (χ0n) is 22.4. The zero-order chi connectivity index (χ0) is 28.7. The largest absolute Gasteiger partial charge is 0.352 e. The van der Waals surface area contributed by atoms with E-state index in [1.54, 1.807) is 24.3 Å². The van der Waals surface area contributed by atoms with Crippen molar-refractivity contribution in [3.8, 4) is 0 Å². The first kappa shape index (κ1) is 30.5. The topological polar surface area (TPSA) is 86.8 Å². The number of hydrogen-bond donors (Lipinski definition) is 1. The number of halogens is 2. The van der Waals surface area contributed by atoms with Crippen LogP contribution in [0.1, 0.15) is 38.3 Å². The van der Waals surface area contributed by atoms with Crippen LogP contribution in [-0.2, 0) is 26.2 Å². The highest BCUT2D eigenvalue weighted by Gasteiger charge is 2.34. The van der Waals surface area contributed by atoms with E-state index in [1.165, 1.54) is 29.2 Å². The smallest absolute Gasteiger partial charge is 0.264 e. The van der Waals surface area contributed by atoms with Gasteiger partial charge in [0, 0.05) is 12.6 Å². The molecule has 7 nitrogen and oxygen atoms in total. The highest BCUT2D eigenvalue weighted by Crippen LogP contribution is 2.35. The SMILES string of the molecule is CCC(C(=O)NC(C)C)N(Cc1cccc(C)c1)C(=O)CN(c1cccc(Cl)c1Cl)S(=O)(=O)c1ccccc1. The molecule has 0 saturated carbocycles. The number of sulfonamides is 1. The molecule has 0 heterocycles. The molecule has 3 aromatic rings. The first-order chi connectivity index (χ1) is 18.4. The van der Waals surface area contributed by atoms with E-state index in [-0.39, 0.29) is 39.1 Å². The van der Waals surface area contributed by atoms with E-state index in [0.29, 0.717) is 6.42 Å². The molecule has 0 aromatic heterocycles. The Labute approximate surface area is 240 Å². The van der Waals surface area contributed by atoms with Gasteiger partial charge in [-0.3, -0.25) is 13.9 Å². The Morgan fingerprint density at radius 2 is 1.62 bits per heavy atom. The van der Waals surface area contributed by atoms with Crippen molar-refractivity contribution < 1.29 is 18.0 Å². The average molecular weight is 591 g/mol. The molecule has 1 N–H and O–H groups in total. The summed E-state index contributed by atoms with van der Waals surface area (Å²) in [5.74, 6) is -0.871. The minimum Gasteiger partial charge on any atom is -0.352 e. The highest BCUT2D eigenvalue weighted by molar-refractivity contribution is 7.92. The Hall–Kier alpha value is -3.07. The number of nitrogens with one attached hydrogen (secondary N) is 1. The third kappa shape index (κ3) is 7.53. The minimum atomic E-state index is -4.23. The fraction of sp³-hybridized carbons (Fsp3) is 0.310. The van der Waals surface area contributed by atoms with Crippen LogP contribution in [0, 0.1) is 6.92 Å². The summed E-state index contributed by atoms with van der Waals surface area (Å²) in [6.07, 6.45) is 0.333. The van der Waals surface area contributed by atoms with Gasteiger partial charge in [-0.15, -0.1) is 0 Å². The molecular weight excluding hydrogens is 557 g/mol. The lowest BCUT2D eigenvalue weighted by atomic mass is 10.1. The van der Waals surface area contributed by atoms with E-state index in [2.05, 4.69) is 5.32 Å². The average Bonchev–Trinajstić information content (AvgIpc) is 2.89. The maximum Gasteiger partial charge on any atom is 0.264 e. The Kier molecular flexibility index (Phi) is 10.4. The zero-order valence-corrected chi connectivity index (χ0v) is 24.7. The van der Waals surface area contributed by atoms with Crippen LogP contribution in [0.4, 0.5) is 5.69 Å². The van der Waals surface area contributed by atoms with E-state index in [0.717, 1.165) is 15.4 Å². The van der Waals surface area contributed by atoms with Crippen LogP contribution in [0.15, 0.2) is 77.7 Å². The molecule has 0 aliphatic carbocycles. The summed E-state index contributed by atoms with van der Waals surface area (Å²) in [6.45, 7) is 6.96. The third-order valence-electron chi connectivity index (χ3n) is 6.06. The van der Waals surface area contributed by atoms with Crippen LogP contribution in [-0.4, -0.2) is 43.8 Å². The summed E-state index contributed by atoms with van der Waals surface area (Å²) in [7, 11) is -4.23. The molecule has 10 heteroatoms. The molecule has 1 unspecified atom stereocenters. The monoisotopic (exact) mass is 589 g/mol. The number of aryl methyl sites for hydroxylation is 1. The maximum absolute atomic E-state index is 14.0. The number of carbonyl (C=O) groups is 2. The predicted molar refractivity (Wildman–Crippen MR) is 157 cm³/mol. The molecule has 3 aromatic carbocycles. The van der Waals surface area contributed by atoms with Crippen molar-refractivity contribution in [3.05, 3.63) is 94.0 Å². The molecule has 0 aliphatic heterocycles. The molecule has 0 fully saturated rings. The second-order valence-corrected chi connectivity index (χ2v) is 12.1. The molecule has 0 spiro atoms. The number of benzene rings is 3. The quantitative estimate of drug-likeness (QED) is 0.305. The second kappa shape index (κ2) is 13.3. The van der Waals surface area contributed by atoms with Gasteiger partial charge in [0.15, 0.2) is 0 Å². The number of hydrogen-bond acceptors (Lipinski definition) is 4. The Bertz CT molecular complexity index is 1420. The third-order valence-corrected chi connectivity index (χ3v) is 8.65. The predicted octanol–water partition coefficient (Wildman–Crippen LogP) is 5.83. The lowest BCUT2D eigenvalue weighted by molar-refractivity contribution is -0.140. The van der Waals surface area contributed by atoms with Crippen molar-refractivity contribution in [3.63, 3.8) is 0 Å². The summed E-state index contributed by atoms with van der Waals surface area (Å²) in [5.41, 5.74) is 1.88. The number of amides is 2. The van der Waals surface area contributed by atoms with Gasteiger partial charge in [-0.2, -0.15) is 0 Å². The van der Waals surface area contributed by atoms with Crippen molar-refractivity contribution >= 4 is 50.7 Å². The van der Waals surface area contributed by atoms with Gasteiger partial charge >= 0.3 is 0 Å². The van der Waals surface area contributed by atoms with Gasteiger partial charge in [0.1, 0.15) is 12.6 Å². The van der Waals surface area contributed by atoms with Crippen molar-refractivity contribution in [2.45, 2.75) is 57.6 Å². The summed E-state index contributed by atoms with van der Waals surface area (Å²) in [4.78, 5) is 28.6. The molecule has 208 valence electrons. The van der Waals surface area contributed by atoms with E-state index in [1.807, 2.05) is 52.0 Å². The van der Waals surface area contributed by atoms with Crippen LogP contribution in [0.2, 0.25) is 10.0 Å². The van der Waals surface area contributed by atoms with Gasteiger partial charge in [-0.25, -0.2) is 8.42 Å². The number of rotatable bonds is 11. The van der Waals surface area contributed by atoms with Gasteiger partial charge in [0.25, 0.3) is 10.0 Å². The van der Waals surface area contributed by atoms with E-state index < -0.39 is 28.5 Å². The van der Waals surface area contributed by atoms with E-state index >= 15 is 0 Å². The molecule has 1 atom stereocenters. The molecule has 0 radical (unpaired) electrons. The Morgan fingerprint density at radius 1 is 0.949 bits per heavy atom. The fourth-order valence-electron chi connectivity index (χ4n) is 4.23. The summed E-state index contributed by atoms with van der Waals surface area (Å²) in [6, 6.07) is 19.0. The molecule has 0 saturated heterocycles. The van der Waals surface area contributed by atoms with Crippen molar-refractivity contribution in [1.82, 2.24) is 10.2 Å². The van der Waals surface area contributed by atoms with Crippen LogP contribution in [0.25, 0.3) is 0 Å². The molecular formula is C29H33Cl2N3O4S. The van der Waals surface area contributed by atoms with Gasteiger partial charge in [0.05, 0.1) is 20.6 Å². The van der Waals surface area contributed by atoms with E-state index in [4.69, 9.17) is 23.2 Å². The van der Waals surface area contributed by atoms with E-state index in [9.17, 15) is 18.0 Å². The van der Waals surface area contributed by atoms with Gasteiger partial charge in [-0.1, -0.05) is 84.2 Å². The first-order valence-corrected chi connectivity index (χ1v) is 14.8. The van der Waals surface area contributed by atoms with Crippen LogP contribution >= 0.6 is 23.2 Å². The summed E-state index contributed by atoms with van der Waals surface area (Å²) >= 11 is 12.7. The standard InChI is InChI=1S/C29H33Cl2N3O4S/c1-5-25(29(36)32-20(2)3)33(18-22-12-9-11-21(4)17-22)27(35)19-34(26-16-10-15-24(30)28(26)31)39(37,38)23-13-7-6-8-14-23/h6-17,20,25H,5,18-19H2,1-4H3,(H,32,36). The Balaban J connectivity index is 2.10. The molecule has 0 bridgehead atoms. The van der Waals surface area contributed by atoms with Crippen molar-refractivity contribution in [1.29, 1.82) is 0 Å². The maximum atomic E-state index is 14.0. The summed E-state index contributed by atoms with van der Waals surface area (Å²) in [5, 5.41) is 3.03. The normalized spacial score (nSPS) is 12.2. The van der Waals surface area contributed by atoms with Crippen molar-refractivity contribution in [2.75, 3.05) is 10.8 Å². The van der Waals surface area contributed by atoms with Gasteiger partial charge in [-0.05, 0) is 57.0 Å². The highest BCUT2D eigenvalue weighted by atomic mass is 35.5.